The maximum Gasteiger partial charge on any atom is 0.0849 e. The molecule has 0 N–H and O–H groups in total. The highest BCUT2D eigenvalue weighted by atomic mass is 14.9. The second kappa shape index (κ2) is 19.3. The van der Waals surface area contributed by atoms with Crippen molar-refractivity contribution in [2.24, 2.45) is 20.0 Å². The Hall–Kier alpha value is -6.14. The molecular formula is C54H60N6. The Kier molecular flexibility index (Phi) is 14.0. The molecule has 0 amide bonds. The first-order chi connectivity index (χ1) is 28.8. The molecule has 0 aliphatic heterocycles. The van der Waals surface area contributed by atoms with Crippen LogP contribution >= 0.6 is 0 Å². The van der Waals surface area contributed by atoms with Gasteiger partial charge in [-0.05, 0) is 185 Å². The van der Waals surface area contributed by atoms with Crippen LogP contribution in [0.5, 0.6) is 0 Å². The van der Waals surface area contributed by atoms with E-state index >= 15 is 0 Å². The molecule has 4 aromatic carbocycles. The van der Waals surface area contributed by atoms with Gasteiger partial charge in [-0.3, -0.25) is 20.0 Å². The fourth-order valence-corrected chi connectivity index (χ4v) is 7.89. The van der Waals surface area contributed by atoms with Crippen LogP contribution in [0, 0.1) is 27.7 Å². The number of para-hydroxylation sites is 2. The van der Waals surface area contributed by atoms with Crippen LogP contribution in [0.3, 0.4) is 0 Å². The number of hydrogen-bond acceptors (Lipinski definition) is 6. The highest BCUT2D eigenvalue weighted by Crippen LogP contribution is 2.35. The van der Waals surface area contributed by atoms with Crippen molar-refractivity contribution in [2.75, 3.05) is 0 Å². The molecule has 306 valence electrons. The topological polar surface area (TPSA) is 75.2 Å². The third-order valence-electron chi connectivity index (χ3n) is 11.3. The molecule has 6 aromatic rings. The van der Waals surface area contributed by atoms with Gasteiger partial charge in [0.15, 0.2) is 0 Å². The highest BCUT2D eigenvalue weighted by molar-refractivity contribution is 6.04. The van der Waals surface area contributed by atoms with E-state index < -0.39 is 0 Å². The van der Waals surface area contributed by atoms with Gasteiger partial charge in [0.25, 0.3) is 0 Å². The number of aliphatic imine (C=N–C) groups is 4. The maximum absolute atomic E-state index is 5.15. The first-order valence-electron chi connectivity index (χ1n) is 21.5. The molecule has 0 spiro atoms. The Bertz CT molecular complexity index is 2400. The van der Waals surface area contributed by atoms with Crippen LogP contribution in [0.1, 0.15) is 123 Å². The van der Waals surface area contributed by atoms with E-state index in [9.17, 15) is 0 Å². The minimum Gasteiger partial charge on any atom is -0.251 e. The van der Waals surface area contributed by atoms with Crippen molar-refractivity contribution < 1.29 is 0 Å². The van der Waals surface area contributed by atoms with Crippen molar-refractivity contribution in [3.05, 3.63) is 164 Å². The number of hydrogen-bond donors (Lipinski definition) is 0. The molecule has 0 aliphatic rings. The van der Waals surface area contributed by atoms with E-state index in [0.29, 0.717) is 0 Å². The van der Waals surface area contributed by atoms with E-state index in [0.717, 1.165) is 127 Å². The van der Waals surface area contributed by atoms with Crippen LogP contribution in [0.25, 0.3) is 11.1 Å². The van der Waals surface area contributed by atoms with Gasteiger partial charge in [0.05, 0.1) is 68.4 Å². The maximum atomic E-state index is 5.15. The molecule has 0 atom stereocenters. The molecule has 0 unspecified atom stereocenters. The van der Waals surface area contributed by atoms with E-state index in [1.807, 2.05) is 64.1 Å². The number of aryl methyl sites for hydroxylation is 8. The predicted molar refractivity (Wildman–Crippen MR) is 257 cm³/mol. The van der Waals surface area contributed by atoms with Crippen LogP contribution < -0.4 is 0 Å². The van der Waals surface area contributed by atoms with E-state index in [1.54, 1.807) is 0 Å². The summed E-state index contributed by atoms with van der Waals surface area (Å²) in [5.74, 6) is 0. The van der Waals surface area contributed by atoms with Gasteiger partial charge in [-0.15, -0.1) is 0 Å². The van der Waals surface area contributed by atoms with Gasteiger partial charge in [0, 0.05) is 0 Å². The van der Waals surface area contributed by atoms with E-state index in [2.05, 4.69) is 116 Å². The fourth-order valence-electron chi connectivity index (χ4n) is 7.89. The third kappa shape index (κ3) is 9.66. The van der Waals surface area contributed by atoms with Gasteiger partial charge in [-0.25, -0.2) is 9.97 Å². The van der Waals surface area contributed by atoms with Gasteiger partial charge in [-0.2, -0.15) is 0 Å². The van der Waals surface area contributed by atoms with Crippen molar-refractivity contribution in [1.29, 1.82) is 0 Å². The molecule has 6 heteroatoms. The number of aromatic nitrogens is 2. The van der Waals surface area contributed by atoms with Crippen molar-refractivity contribution in [2.45, 2.75) is 109 Å². The Morgan fingerprint density at radius 2 is 0.600 bits per heavy atom. The summed E-state index contributed by atoms with van der Waals surface area (Å²) in [7, 11) is 0. The first-order valence-corrected chi connectivity index (χ1v) is 21.5. The second-order valence-corrected chi connectivity index (χ2v) is 15.8. The average Bonchev–Trinajstić information content (AvgIpc) is 3.25. The zero-order chi connectivity index (χ0) is 43.1. The minimum absolute atomic E-state index is 0.843. The molecule has 0 fully saturated rings. The van der Waals surface area contributed by atoms with Crippen LogP contribution in [0.2, 0.25) is 0 Å². The summed E-state index contributed by atoms with van der Waals surface area (Å²) in [6, 6.07) is 34.1. The predicted octanol–water partition coefficient (Wildman–Crippen LogP) is 14.2. The lowest BCUT2D eigenvalue weighted by atomic mass is 9.95. The largest absolute Gasteiger partial charge is 0.251 e. The molecule has 6 nitrogen and oxygen atoms in total. The Balaban J connectivity index is 1.24. The quantitative estimate of drug-likeness (QED) is 0.109. The Labute approximate surface area is 358 Å². The summed E-state index contributed by atoms with van der Waals surface area (Å²) >= 11 is 0. The summed E-state index contributed by atoms with van der Waals surface area (Å²) in [6.45, 7) is 25.4. The summed E-state index contributed by atoms with van der Waals surface area (Å²) in [4.78, 5) is 30.5. The van der Waals surface area contributed by atoms with Crippen molar-refractivity contribution in [3.8, 4) is 11.1 Å². The first kappa shape index (κ1) is 43.4. The fraction of sp³-hybridized carbons (Fsp3) is 0.296. The summed E-state index contributed by atoms with van der Waals surface area (Å²) in [6.07, 6.45) is 3.76. The van der Waals surface area contributed by atoms with Gasteiger partial charge in [0.2, 0.25) is 0 Å². The van der Waals surface area contributed by atoms with Crippen LogP contribution in [0.15, 0.2) is 117 Å². The molecule has 0 saturated carbocycles. The second-order valence-electron chi connectivity index (χ2n) is 15.8. The normalized spacial score (nSPS) is 12.7. The molecule has 2 aromatic heterocycles. The highest BCUT2D eigenvalue weighted by Gasteiger charge is 2.14. The van der Waals surface area contributed by atoms with Crippen LogP contribution in [-0.2, 0) is 25.7 Å². The lowest BCUT2D eigenvalue weighted by Gasteiger charge is -2.14. The molecule has 6 rings (SSSR count). The van der Waals surface area contributed by atoms with Crippen molar-refractivity contribution >= 4 is 45.6 Å². The zero-order valence-corrected chi connectivity index (χ0v) is 37.7. The van der Waals surface area contributed by atoms with Gasteiger partial charge in [-0.1, -0.05) is 76.2 Å². The molecule has 0 bridgehead atoms. The molecule has 0 radical (unpaired) electrons. The van der Waals surface area contributed by atoms with Gasteiger partial charge >= 0.3 is 0 Å². The average molecular weight is 793 g/mol. The number of nitrogens with zero attached hydrogens (tertiary/aromatic N) is 6. The number of rotatable bonds is 13. The summed E-state index contributed by atoms with van der Waals surface area (Å²) < 4.78 is 0. The van der Waals surface area contributed by atoms with E-state index in [4.69, 9.17) is 29.9 Å². The van der Waals surface area contributed by atoms with Gasteiger partial charge in [0.1, 0.15) is 0 Å². The molecule has 0 saturated heterocycles. The third-order valence-corrected chi connectivity index (χ3v) is 11.3. The van der Waals surface area contributed by atoms with Crippen LogP contribution in [-0.4, -0.2) is 32.8 Å². The van der Waals surface area contributed by atoms with Gasteiger partial charge < -0.3 is 0 Å². The molecule has 60 heavy (non-hydrogen) atoms. The molecular weight excluding hydrogens is 733 g/mol. The Morgan fingerprint density at radius 1 is 0.367 bits per heavy atom. The standard InChI is InChI=1S/C54H60N6/c1-13-41-21-17-22-42(14-2)53(41)57-39(11)49-27-19-25-47(59-49)37(9)55-51-33(5)29-45(30-34(51)6)46-31-35(7)52(36(8)32-46)56-38(10)48-26-20-28-50(60-48)40(12)58-54-43(15-3)23-18-24-44(54)16-4/h17-32H,13-16H2,1-12H3. The minimum atomic E-state index is 0.843. The lowest BCUT2D eigenvalue weighted by molar-refractivity contribution is 1.08. The molecule has 0 aliphatic carbocycles. The molecule has 2 heterocycles. The zero-order valence-electron chi connectivity index (χ0n) is 37.7. The monoisotopic (exact) mass is 792 g/mol. The summed E-state index contributed by atoms with van der Waals surface area (Å²) in [5.41, 5.74) is 22.8. The summed E-state index contributed by atoms with van der Waals surface area (Å²) in [5, 5.41) is 0. The van der Waals surface area contributed by atoms with E-state index in [-0.39, 0.29) is 0 Å². The van der Waals surface area contributed by atoms with Crippen molar-refractivity contribution in [1.82, 2.24) is 9.97 Å². The lowest BCUT2D eigenvalue weighted by Crippen LogP contribution is -2.05. The van der Waals surface area contributed by atoms with Crippen molar-refractivity contribution in [3.63, 3.8) is 0 Å². The number of pyridine rings is 2. The van der Waals surface area contributed by atoms with Crippen LogP contribution in [0.4, 0.5) is 22.7 Å². The number of benzene rings is 4. The smallest absolute Gasteiger partial charge is 0.0849 e. The SMILES string of the molecule is CCc1cccc(CC)c1N=C(C)c1cccc(C(C)=Nc2c(C)cc(-c3cc(C)c(N=C(C)c4cccc(C(C)=Nc5c(CC)cccc5CC)n4)c(C)c3)cc2C)n1. The Morgan fingerprint density at radius 3 is 0.850 bits per heavy atom. The van der Waals surface area contributed by atoms with E-state index in [1.165, 1.54) is 22.3 Å².